The van der Waals surface area contributed by atoms with Gasteiger partial charge >= 0.3 is 0 Å². The molecule has 0 aromatic heterocycles. The molecule has 2 aliphatic carbocycles. The Morgan fingerprint density at radius 3 is 2.43 bits per heavy atom. The largest absolute Gasteiger partial charge is 0.395 e. The van der Waals surface area contributed by atoms with Crippen LogP contribution in [0.25, 0.3) is 0 Å². The molecule has 0 amide bonds. The Bertz CT molecular complexity index is 283. The van der Waals surface area contributed by atoms with Crippen LogP contribution in [0, 0.1) is 17.8 Å². The third-order valence-corrected chi connectivity index (χ3v) is 5.13. The predicted molar refractivity (Wildman–Crippen MR) is 81.0 cm³/mol. The van der Waals surface area contributed by atoms with Gasteiger partial charge in [0.2, 0.25) is 0 Å². The normalized spacial score (nSPS) is 29.4. The zero-order valence-electron chi connectivity index (χ0n) is 13.0. The maximum absolute atomic E-state index is 9.94. The van der Waals surface area contributed by atoms with E-state index in [9.17, 15) is 5.11 Å². The molecule has 3 N–H and O–H groups in total. The van der Waals surface area contributed by atoms with Crippen molar-refractivity contribution >= 4 is 0 Å². The molecule has 0 aliphatic heterocycles. The van der Waals surface area contributed by atoms with Crippen molar-refractivity contribution < 1.29 is 20.1 Å². The van der Waals surface area contributed by atoms with Crippen LogP contribution >= 0.6 is 0 Å². The molecule has 5 heteroatoms. The van der Waals surface area contributed by atoms with Crippen molar-refractivity contribution in [2.75, 3.05) is 46.1 Å². The topological polar surface area (TPSA) is 73.2 Å². The van der Waals surface area contributed by atoms with Gasteiger partial charge in [0.15, 0.2) is 0 Å². The van der Waals surface area contributed by atoms with Gasteiger partial charge in [0, 0.05) is 26.2 Å². The molecule has 2 bridgehead atoms. The van der Waals surface area contributed by atoms with Gasteiger partial charge in [-0.15, -0.1) is 0 Å². The Hall–Kier alpha value is -0.200. The van der Waals surface area contributed by atoms with Crippen LogP contribution in [0.2, 0.25) is 0 Å². The molecular weight excluding hydrogens is 270 g/mol. The van der Waals surface area contributed by atoms with Crippen molar-refractivity contribution in [1.29, 1.82) is 0 Å². The number of fused-ring (bicyclic) bond motifs is 2. The lowest BCUT2D eigenvalue weighted by molar-refractivity contribution is 0.00617. The lowest BCUT2D eigenvalue weighted by Gasteiger charge is -2.24. The molecule has 0 radical (unpaired) electrons. The van der Waals surface area contributed by atoms with E-state index >= 15 is 0 Å². The van der Waals surface area contributed by atoms with Crippen LogP contribution in [0.1, 0.15) is 32.1 Å². The smallest absolute Gasteiger partial charge is 0.0900 e. The maximum atomic E-state index is 9.94. The van der Waals surface area contributed by atoms with Gasteiger partial charge in [-0.2, -0.15) is 0 Å². The number of aliphatic hydroxyl groups is 3. The average Bonchev–Trinajstić information content (AvgIpc) is 3.06. The number of nitrogens with zero attached hydrogens (tertiary/aromatic N) is 1. The van der Waals surface area contributed by atoms with E-state index in [2.05, 4.69) is 0 Å². The van der Waals surface area contributed by atoms with Crippen molar-refractivity contribution in [2.45, 2.75) is 38.2 Å². The van der Waals surface area contributed by atoms with E-state index in [4.69, 9.17) is 14.9 Å². The van der Waals surface area contributed by atoms with Gasteiger partial charge in [0.1, 0.15) is 0 Å². The molecule has 0 spiro atoms. The Labute approximate surface area is 127 Å². The minimum absolute atomic E-state index is 0.0395. The molecule has 2 aliphatic rings. The quantitative estimate of drug-likeness (QED) is 0.484. The van der Waals surface area contributed by atoms with E-state index in [0.717, 1.165) is 30.8 Å². The number of rotatable bonds is 11. The molecule has 124 valence electrons. The highest BCUT2D eigenvalue weighted by molar-refractivity contribution is 4.89. The molecule has 2 saturated carbocycles. The van der Waals surface area contributed by atoms with Gasteiger partial charge in [0.25, 0.3) is 0 Å². The van der Waals surface area contributed by atoms with Crippen molar-refractivity contribution in [2.24, 2.45) is 17.8 Å². The molecule has 0 heterocycles. The molecule has 5 nitrogen and oxygen atoms in total. The highest BCUT2D eigenvalue weighted by Gasteiger charge is 2.38. The van der Waals surface area contributed by atoms with Gasteiger partial charge in [-0.1, -0.05) is 6.42 Å². The Morgan fingerprint density at radius 1 is 1.10 bits per heavy atom. The molecule has 0 aromatic rings. The number of aliphatic hydroxyl groups excluding tert-OH is 3. The van der Waals surface area contributed by atoms with E-state index in [1.54, 1.807) is 0 Å². The zero-order chi connectivity index (χ0) is 15.1. The third-order valence-electron chi connectivity index (χ3n) is 5.13. The molecular formula is C16H31NO4. The first-order valence-electron chi connectivity index (χ1n) is 8.42. The summed E-state index contributed by atoms with van der Waals surface area (Å²) in [5.74, 6) is 2.77. The first-order chi connectivity index (χ1) is 10.2. The summed E-state index contributed by atoms with van der Waals surface area (Å²) in [6.07, 6.45) is 6.25. The summed E-state index contributed by atoms with van der Waals surface area (Å²) in [5, 5.41) is 27.8. The highest BCUT2D eigenvalue weighted by atomic mass is 16.5. The fraction of sp³-hybridized carbons (Fsp3) is 1.00. The Balaban J connectivity index is 1.53. The second-order valence-corrected chi connectivity index (χ2v) is 6.70. The summed E-state index contributed by atoms with van der Waals surface area (Å²) < 4.78 is 5.62. The SMILES string of the molecule is OCCN(CCO)CC(O)COCCC1CC2CCC1C2. The van der Waals surface area contributed by atoms with Crippen LogP contribution < -0.4 is 0 Å². The van der Waals surface area contributed by atoms with Gasteiger partial charge in [0.05, 0.1) is 25.9 Å². The second kappa shape index (κ2) is 9.06. The second-order valence-electron chi connectivity index (χ2n) is 6.70. The molecule has 4 atom stereocenters. The van der Waals surface area contributed by atoms with Crippen molar-refractivity contribution in [3.8, 4) is 0 Å². The van der Waals surface area contributed by atoms with Crippen LogP contribution in [0.15, 0.2) is 0 Å². The average molecular weight is 301 g/mol. The number of ether oxygens (including phenoxy) is 1. The summed E-state index contributed by atoms with van der Waals surface area (Å²) in [4.78, 5) is 1.85. The number of hydrogen-bond donors (Lipinski definition) is 3. The standard InChI is InChI=1S/C16H31NO4/c18-6-4-17(5-7-19)11-16(20)12-21-8-3-15-10-13-1-2-14(15)9-13/h13-16,18-20H,1-12H2. The van der Waals surface area contributed by atoms with Crippen LogP contribution in [-0.2, 0) is 4.74 Å². The maximum Gasteiger partial charge on any atom is 0.0900 e. The van der Waals surface area contributed by atoms with Crippen LogP contribution in [0.4, 0.5) is 0 Å². The Morgan fingerprint density at radius 2 is 1.86 bits per heavy atom. The van der Waals surface area contributed by atoms with E-state index in [-0.39, 0.29) is 13.2 Å². The zero-order valence-corrected chi connectivity index (χ0v) is 13.0. The van der Waals surface area contributed by atoms with Crippen molar-refractivity contribution in [3.05, 3.63) is 0 Å². The first-order valence-corrected chi connectivity index (χ1v) is 8.42. The third kappa shape index (κ3) is 5.49. The van der Waals surface area contributed by atoms with Crippen LogP contribution in [0.5, 0.6) is 0 Å². The molecule has 2 rings (SSSR count). The fourth-order valence-corrected chi connectivity index (χ4v) is 4.11. The first kappa shape index (κ1) is 17.2. The van der Waals surface area contributed by atoms with Gasteiger partial charge < -0.3 is 20.1 Å². The molecule has 21 heavy (non-hydrogen) atoms. The minimum Gasteiger partial charge on any atom is -0.395 e. The summed E-state index contributed by atoms with van der Waals surface area (Å²) in [6.45, 7) is 2.55. The fourth-order valence-electron chi connectivity index (χ4n) is 4.11. The predicted octanol–water partition coefficient (Wildman–Crippen LogP) is 0.477. The number of hydrogen-bond acceptors (Lipinski definition) is 5. The Kier molecular flexibility index (Phi) is 7.40. The lowest BCUT2D eigenvalue weighted by Crippen LogP contribution is -2.38. The van der Waals surface area contributed by atoms with E-state index < -0.39 is 6.10 Å². The molecule has 4 unspecified atom stereocenters. The van der Waals surface area contributed by atoms with Crippen LogP contribution in [0.3, 0.4) is 0 Å². The molecule has 2 fully saturated rings. The summed E-state index contributed by atoms with van der Waals surface area (Å²) in [6, 6.07) is 0. The van der Waals surface area contributed by atoms with E-state index in [1.165, 1.54) is 25.7 Å². The van der Waals surface area contributed by atoms with Gasteiger partial charge in [-0.05, 0) is 43.4 Å². The summed E-state index contributed by atoms with van der Waals surface area (Å²) >= 11 is 0. The van der Waals surface area contributed by atoms with E-state index in [1.807, 2.05) is 4.90 Å². The molecule has 0 aromatic carbocycles. The molecule has 0 saturated heterocycles. The highest BCUT2D eigenvalue weighted by Crippen LogP contribution is 2.49. The van der Waals surface area contributed by atoms with Crippen LogP contribution in [-0.4, -0.2) is 72.4 Å². The monoisotopic (exact) mass is 301 g/mol. The minimum atomic E-state index is -0.553. The van der Waals surface area contributed by atoms with E-state index in [0.29, 0.717) is 26.2 Å². The van der Waals surface area contributed by atoms with Crippen molar-refractivity contribution in [3.63, 3.8) is 0 Å². The van der Waals surface area contributed by atoms with Gasteiger partial charge in [-0.25, -0.2) is 0 Å². The summed E-state index contributed by atoms with van der Waals surface area (Å²) in [5.41, 5.74) is 0. The summed E-state index contributed by atoms with van der Waals surface area (Å²) in [7, 11) is 0. The van der Waals surface area contributed by atoms with Crippen molar-refractivity contribution in [1.82, 2.24) is 4.90 Å². The lowest BCUT2D eigenvalue weighted by atomic mass is 9.87. The van der Waals surface area contributed by atoms with Gasteiger partial charge in [-0.3, -0.25) is 4.90 Å².